The first-order valence-corrected chi connectivity index (χ1v) is 11.9. The molecule has 3 aromatic rings. The lowest BCUT2D eigenvalue weighted by molar-refractivity contribution is -0.137. The highest BCUT2D eigenvalue weighted by molar-refractivity contribution is 6.01. The Labute approximate surface area is 213 Å². The van der Waals surface area contributed by atoms with E-state index in [0.717, 1.165) is 49.5 Å². The molecule has 2 aromatic carbocycles. The predicted molar refractivity (Wildman–Crippen MR) is 134 cm³/mol. The maximum atomic E-state index is 13.1. The van der Waals surface area contributed by atoms with Gasteiger partial charge in [0, 0.05) is 57.6 Å². The fourth-order valence-electron chi connectivity index (χ4n) is 4.27. The molecule has 0 spiro atoms. The van der Waals surface area contributed by atoms with Gasteiger partial charge in [0.25, 0.3) is 5.91 Å². The SMILES string of the molecule is CN1CCN(c2ncnc3cc(C(=O)NC(Cc4ccc(C(F)(F)F)cc4)C(=O)N(C)C)ccc23)CC1. The molecule has 1 aliphatic heterocycles. The molecule has 8 nitrogen and oxygen atoms in total. The number of hydrogen-bond donors (Lipinski definition) is 1. The third-order valence-electron chi connectivity index (χ3n) is 6.45. The molecule has 4 rings (SSSR count). The van der Waals surface area contributed by atoms with Crippen LogP contribution in [0.1, 0.15) is 21.5 Å². The molecule has 37 heavy (non-hydrogen) atoms. The first-order chi connectivity index (χ1) is 17.5. The highest BCUT2D eigenvalue weighted by Crippen LogP contribution is 2.29. The molecule has 1 saturated heterocycles. The predicted octanol–water partition coefficient (Wildman–Crippen LogP) is 2.83. The summed E-state index contributed by atoms with van der Waals surface area (Å²) in [5.41, 5.74) is 0.649. The van der Waals surface area contributed by atoms with Crippen LogP contribution in [0.15, 0.2) is 48.8 Å². The lowest BCUT2D eigenvalue weighted by Gasteiger charge is -2.33. The number of hydrogen-bond acceptors (Lipinski definition) is 6. The van der Waals surface area contributed by atoms with Crippen molar-refractivity contribution in [1.29, 1.82) is 0 Å². The molecule has 1 aromatic heterocycles. The van der Waals surface area contributed by atoms with Crippen molar-refractivity contribution in [3.05, 3.63) is 65.5 Å². The fraction of sp³-hybridized carbons (Fsp3) is 0.385. The Balaban J connectivity index is 1.54. The van der Waals surface area contributed by atoms with E-state index < -0.39 is 23.7 Å². The summed E-state index contributed by atoms with van der Waals surface area (Å²) >= 11 is 0. The van der Waals surface area contributed by atoms with Gasteiger partial charge in [-0.15, -0.1) is 0 Å². The van der Waals surface area contributed by atoms with Crippen molar-refractivity contribution < 1.29 is 22.8 Å². The van der Waals surface area contributed by atoms with Crippen molar-refractivity contribution >= 4 is 28.5 Å². The Hall–Kier alpha value is -3.73. The zero-order chi connectivity index (χ0) is 26.7. The number of amides is 2. The van der Waals surface area contributed by atoms with Crippen LogP contribution >= 0.6 is 0 Å². The van der Waals surface area contributed by atoms with Crippen molar-refractivity contribution in [3.8, 4) is 0 Å². The molecule has 0 aliphatic carbocycles. The number of piperazine rings is 1. The number of rotatable bonds is 6. The monoisotopic (exact) mass is 514 g/mol. The van der Waals surface area contributed by atoms with E-state index in [4.69, 9.17) is 0 Å². The molecule has 1 aliphatic rings. The molecular weight excluding hydrogens is 485 g/mol. The Morgan fingerprint density at radius 3 is 2.32 bits per heavy atom. The highest BCUT2D eigenvalue weighted by atomic mass is 19.4. The van der Waals surface area contributed by atoms with Gasteiger partial charge in [-0.25, -0.2) is 9.97 Å². The van der Waals surface area contributed by atoms with E-state index in [-0.39, 0.29) is 12.3 Å². The molecule has 2 heterocycles. The molecule has 1 unspecified atom stereocenters. The molecule has 11 heteroatoms. The number of anilines is 1. The van der Waals surface area contributed by atoms with Gasteiger partial charge in [0.2, 0.25) is 5.91 Å². The molecule has 0 bridgehead atoms. The number of aromatic nitrogens is 2. The first-order valence-electron chi connectivity index (χ1n) is 11.9. The Morgan fingerprint density at radius 2 is 1.70 bits per heavy atom. The third kappa shape index (κ3) is 6.16. The van der Waals surface area contributed by atoms with Crippen molar-refractivity contribution in [2.45, 2.75) is 18.6 Å². The van der Waals surface area contributed by atoms with Crippen LogP contribution in [0.25, 0.3) is 10.9 Å². The summed E-state index contributed by atoms with van der Waals surface area (Å²) in [5, 5.41) is 3.57. The van der Waals surface area contributed by atoms with Crippen LogP contribution < -0.4 is 10.2 Å². The van der Waals surface area contributed by atoms with Gasteiger partial charge in [0.05, 0.1) is 11.1 Å². The summed E-state index contributed by atoms with van der Waals surface area (Å²) in [6.07, 6.45) is -2.93. The zero-order valence-electron chi connectivity index (χ0n) is 20.9. The minimum Gasteiger partial charge on any atom is -0.353 e. The van der Waals surface area contributed by atoms with Gasteiger partial charge in [0.15, 0.2) is 0 Å². The van der Waals surface area contributed by atoms with Crippen molar-refractivity contribution in [1.82, 2.24) is 25.1 Å². The standard InChI is InChI=1S/C26H29F3N6O2/c1-33(2)25(37)22(14-17-4-7-19(8-5-17)26(27,28)29)32-24(36)18-6-9-20-21(15-18)30-16-31-23(20)35-12-10-34(3)11-13-35/h4-9,15-16,22H,10-14H2,1-3H3,(H,32,36). The van der Waals surface area contributed by atoms with Gasteiger partial charge in [-0.05, 0) is 42.9 Å². The quantitative estimate of drug-likeness (QED) is 0.545. The van der Waals surface area contributed by atoms with E-state index >= 15 is 0 Å². The van der Waals surface area contributed by atoms with Gasteiger partial charge in [0.1, 0.15) is 18.2 Å². The second-order valence-electron chi connectivity index (χ2n) is 9.38. The molecule has 0 saturated carbocycles. The molecule has 1 N–H and O–H groups in total. The van der Waals surface area contributed by atoms with Gasteiger partial charge in [-0.1, -0.05) is 12.1 Å². The van der Waals surface area contributed by atoms with Crippen LogP contribution in [0.2, 0.25) is 0 Å². The van der Waals surface area contributed by atoms with Gasteiger partial charge in [-0.2, -0.15) is 13.2 Å². The number of alkyl halides is 3. The number of likely N-dealkylation sites (N-methyl/N-ethyl adjacent to an activating group) is 2. The summed E-state index contributed by atoms with van der Waals surface area (Å²) in [6, 6.07) is 8.73. The Bertz CT molecular complexity index is 1270. The van der Waals surface area contributed by atoms with Crippen molar-refractivity contribution in [2.75, 3.05) is 52.2 Å². The fourth-order valence-corrected chi connectivity index (χ4v) is 4.27. The van der Waals surface area contributed by atoms with Crippen LogP contribution in [-0.4, -0.2) is 84.9 Å². The van der Waals surface area contributed by atoms with E-state index in [1.54, 1.807) is 32.3 Å². The van der Waals surface area contributed by atoms with Crippen LogP contribution in [-0.2, 0) is 17.4 Å². The number of benzene rings is 2. The second-order valence-corrected chi connectivity index (χ2v) is 9.38. The summed E-state index contributed by atoms with van der Waals surface area (Å²) in [4.78, 5) is 40.5. The van der Waals surface area contributed by atoms with E-state index in [1.807, 2.05) is 0 Å². The molecule has 0 radical (unpaired) electrons. The summed E-state index contributed by atoms with van der Waals surface area (Å²) in [7, 11) is 5.19. The lowest BCUT2D eigenvalue weighted by atomic mass is 10.0. The highest BCUT2D eigenvalue weighted by Gasteiger charge is 2.30. The number of nitrogens with one attached hydrogen (secondary N) is 1. The number of halogens is 3. The van der Waals surface area contributed by atoms with Crippen molar-refractivity contribution in [2.24, 2.45) is 0 Å². The maximum absolute atomic E-state index is 13.1. The van der Waals surface area contributed by atoms with Gasteiger partial charge >= 0.3 is 6.18 Å². The zero-order valence-corrected chi connectivity index (χ0v) is 20.9. The van der Waals surface area contributed by atoms with Crippen LogP contribution in [0.3, 0.4) is 0 Å². The molecule has 2 amide bonds. The largest absolute Gasteiger partial charge is 0.416 e. The minimum atomic E-state index is -4.45. The van der Waals surface area contributed by atoms with Gasteiger partial charge < -0.3 is 20.0 Å². The van der Waals surface area contributed by atoms with E-state index in [0.29, 0.717) is 16.6 Å². The molecule has 1 fully saturated rings. The molecule has 196 valence electrons. The lowest BCUT2D eigenvalue weighted by Crippen LogP contribution is -2.47. The van der Waals surface area contributed by atoms with Gasteiger partial charge in [-0.3, -0.25) is 9.59 Å². The normalized spacial score (nSPS) is 15.5. The smallest absolute Gasteiger partial charge is 0.353 e. The second kappa shape index (κ2) is 10.7. The summed E-state index contributed by atoms with van der Waals surface area (Å²) < 4.78 is 38.7. The Morgan fingerprint density at radius 1 is 1.03 bits per heavy atom. The Kier molecular flexibility index (Phi) is 7.63. The number of carbonyl (C=O) groups excluding carboxylic acids is 2. The maximum Gasteiger partial charge on any atom is 0.416 e. The first kappa shape index (κ1) is 26.3. The molecular formula is C26H29F3N6O2. The topological polar surface area (TPSA) is 81.7 Å². The number of carbonyl (C=O) groups is 2. The van der Waals surface area contributed by atoms with E-state index in [1.165, 1.54) is 23.4 Å². The summed E-state index contributed by atoms with van der Waals surface area (Å²) in [5.74, 6) is -0.0319. The van der Waals surface area contributed by atoms with Crippen LogP contribution in [0.5, 0.6) is 0 Å². The number of nitrogens with zero attached hydrogens (tertiary/aromatic N) is 5. The average molecular weight is 515 g/mol. The molecule has 1 atom stereocenters. The van der Waals surface area contributed by atoms with E-state index in [2.05, 4.69) is 32.1 Å². The minimum absolute atomic E-state index is 0.0458. The van der Waals surface area contributed by atoms with Crippen LogP contribution in [0.4, 0.5) is 19.0 Å². The van der Waals surface area contributed by atoms with E-state index in [9.17, 15) is 22.8 Å². The summed E-state index contributed by atoms with van der Waals surface area (Å²) in [6.45, 7) is 3.52. The van der Waals surface area contributed by atoms with Crippen molar-refractivity contribution in [3.63, 3.8) is 0 Å². The van der Waals surface area contributed by atoms with Crippen LogP contribution in [0, 0.1) is 0 Å². The third-order valence-corrected chi connectivity index (χ3v) is 6.45. The number of fused-ring (bicyclic) bond motifs is 1. The average Bonchev–Trinajstić information content (AvgIpc) is 2.87.